The topological polar surface area (TPSA) is 34.1 Å². The van der Waals surface area contributed by atoms with Crippen LogP contribution in [-0.4, -0.2) is 31.8 Å². The van der Waals surface area contributed by atoms with Crippen LogP contribution in [0.5, 0.6) is 0 Å². The van der Waals surface area contributed by atoms with Gasteiger partial charge in [0.2, 0.25) is 0 Å². The van der Waals surface area contributed by atoms with Crippen molar-refractivity contribution in [1.82, 2.24) is 10.3 Å². The Balaban J connectivity index is 2.63. The summed E-state index contributed by atoms with van der Waals surface area (Å²) < 4.78 is 5.02. The molecule has 0 aromatic carbocycles. The number of rotatable bonds is 7. The van der Waals surface area contributed by atoms with Gasteiger partial charge in [-0.1, -0.05) is 31.6 Å². The van der Waals surface area contributed by atoms with Crippen LogP contribution in [0.25, 0.3) is 6.08 Å². The van der Waals surface area contributed by atoms with Crippen molar-refractivity contribution in [2.45, 2.75) is 20.8 Å². The molecule has 0 aliphatic heterocycles. The third kappa shape index (κ3) is 5.43. The number of aryl methyl sites for hydroxylation is 1. The molecular formula is C15H24N2O. The van der Waals surface area contributed by atoms with Crippen molar-refractivity contribution in [3.05, 3.63) is 35.2 Å². The Bertz CT molecular complexity index is 369. The SMILES string of the molecule is COCCNC/C(=C/c1ccc(C)nc1)C(C)C. The summed E-state index contributed by atoms with van der Waals surface area (Å²) in [6.07, 6.45) is 4.14. The monoisotopic (exact) mass is 248 g/mol. The molecule has 0 saturated heterocycles. The predicted molar refractivity (Wildman–Crippen MR) is 76.5 cm³/mol. The summed E-state index contributed by atoms with van der Waals surface area (Å²) in [7, 11) is 1.72. The molecule has 0 atom stereocenters. The Morgan fingerprint density at radius 3 is 2.78 bits per heavy atom. The van der Waals surface area contributed by atoms with Crippen LogP contribution in [0.4, 0.5) is 0 Å². The first-order chi connectivity index (χ1) is 8.63. The maximum Gasteiger partial charge on any atom is 0.0587 e. The fraction of sp³-hybridized carbons (Fsp3) is 0.533. The molecule has 0 spiro atoms. The Labute approximate surface area is 110 Å². The zero-order valence-electron chi connectivity index (χ0n) is 11.9. The number of aromatic nitrogens is 1. The van der Waals surface area contributed by atoms with E-state index in [9.17, 15) is 0 Å². The molecule has 0 fully saturated rings. The first-order valence-corrected chi connectivity index (χ1v) is 6.46. The zero-order valence-corrected chi connectivity index (χ0v) is 11.9. The van der Waals surface area contributed by atoms with Crippen LogP contribution in [0.2, 0.25) is 0 Å². The standard InChI is InChI=1S/C15H24N2O/c1-12(2)15(11-16-7-8-18-4)9-14-6-5-13(3)17-10-14/h5-6,9-10,12,16H,7-8,11H2,1-4H3/b15-9-. The second kappa shape index (κ2) is 8.01. The van der Waals surface area contributed by atoms with Crippen molar-refractivity contribution in [2.75, 3.05) is 26.8 Å². The highest BCUT2D eigenvalue weighted by Gasteiger charge is 2.03. The molecule has 0 bridgehead atoms. The lowest BCUT2D eigenvalue weighted by atomic mass is 10.0. The van der Waals surface area contributed by atoms with Gasteiger partial charge in [-0.2, -0.15) is 0 Å². The van der Waals surface area contributed by atoms with Crippen molar-refractivity contribution < 1.29 is 4.74 Å². The van der Waals surface area contributed by atoms with E-state index in [1.807, 2.05) is 19.2 Å². The summed E-state index contributed by atoms with van der Waals surface area (Å²) in [6.45, 7) is 8.96. The molecule has 1 aromatic rings. The summed E-state index contributed by atoms with van der Waals surface area (Å²) in [4.78, 5) is 4.32. The Kier molecular flexibility index (Phi) is 6.61. The van der Waals surface area contributed by atoms with E-state index in [1.165, 1.54) is 5.57 Å². The van der Waals surface area contributed by atoms with Crippen molar-refractivity contribution in [3.63, 3.8) is 0 Å². The number of ether oxygens (including phenoxy) is 1. The smallest absolute Gasteiger partial charge is 0.0587 e. The fourth-order valence-corrected chi connectivity index (χ4v) is 1.61. The van der Waals surface area contributed by atoms with Gasteiger partial charge in [0.25, 0.3) is 0 Å². The third-order valence-corrected chi connectivity index (χ3v) is 2.84. The van der Waals surface area contributed by atoms with Gasteiger partial charge in [-0.25, -0.2) is 0 Å². The van der Waals surface area contributed by atoms with Gasteiger partial charge in [0, 0.05) is 32.1 Å². The molecule has 3 nitrogen and oxygen atoms in total. The highest BCUT2D eigenvalue weighted by Crippen LogP contribution is 2.13. The number of methoxy groups -OCH3 is 1. The largest absolute Gasteiger partial charge is 0.383 e. The normalized spacial score (nSPS) is 12.2. The van der Waals surface area contributed by atoms with E-state index in [1.54, 1.807) is 7.11 Å². The van der Waals surface area contributed by atoms with Crippen LogP contribution in [-0.2, 0) is 4.74 Å². The van der Waals surface area contributed by atoms with Crippen molar-refractivity contribution in [3.8, 4) is 0 Å². The van der Waals surface area contributed by atoms with Crippen LogP contribution in [0.3, 0.4) is 0 Å². The molecule has 1 rings (SSSR count). The maximum absolute atomic E-state index is 5.02. The van der Waals surface area contributed by atoms with Gasteiger partial charge in [-0.3, -0.25) is 4.98 Å². The van der Waals surface area contributed by atoms with Crippen LogP contribution in [0, 0.1) is 12.8 Å². The lowest BCUT2D eigenvalue weighted by molar-refractivity contribution is 0.200. The van der Waals surface area contributed by atoms with E-state index >= 15 is 0 Å². The minimum absolute atomic E-state index is 0.529. The van der Waals surface area contributed by atoms with E-state index in [0.717, 1.165) is 31.0 Å². The Morgan fingerprint density at radius 1 is 1.44 bits per heavy atom. The van der Waals surface area contributed by atoms with E-state index in [0.29, 0.717) is 5.92 Å². The second-order valence-electron chi connectivity index (χ2n) is 4.78. The summed E-state index contributed by atoms with van der Waals surface area (Å²) in [6, 6.07) is 4.15. The molecule has 3 heteroatoms. The Morgan fingerprint density at radius 2 is 2.22 bits per heavy atom. The van der Waals surface area contributed by atoms with Gasteiger partial charge in [0.15, 0.2) is 0 Å². The fourth-order valence-electron chi connectivity index (χ4n) is 1.61. The molecule has 0 radical (unpaired) electrons. The van der Waals surface area contributed by atoms with E-state index < -0.39 is 0 Å². The van der Waals surface area contributed by atoms with Crippen molar-refractivity contribution in [2.24, 2.45) is 5.92 Å². The number of hydrogen-bond donors (Lipinski definition) is 1. The van der Waals surface area contributed by atoms with Crippen LogP contribution in [0.1, 0.15) is 25.1 Å². The zero-order chi connectivity index (χ0) is 13.4. The maximum atomic E-state index is 5.02. The first-order valence-electron chi connectivity index (χ1n) is 6.46. The van der Waals surface area contributed by atoms with Gasteiger partial charge < -0.3 is 10.1 Å². The molecule has 0 saturated carbocycles. The van der Waals surface area contributed by atoms with Gasteiger partial charge in [-0.15, -0.1) is 0 Å². The molecule has 0 unspecified atom stereocenters. The Hall–Kier alpha value is -1.19. The molecular weight excluding hydrogens is 224 g/mol. The molecule has 18 heavy (non-hydrogen) atoms. The van der Waals surface area contributed by atoms with E-state index in [4.69, 9.17) is 4.74 Å². The van der Waals surface area contributed by atoms with Gasteiger partial charge in [0.05, 0.1) is 6.61 Å². The molecule has 0 aliphatic rings. The average molecular weight is 248 g/mol. The van der Waals surface area contributed by atoms with E-state index in [-0.39, 0.29) is 0 Å². The van der Waals surface area contributed by atoms with E-state index in [2.05, 4.69) is 36.3 Å². The molecule has 100 valence electrons. The number of nitrogens with zero attached hydrogens (tertiary/aromatic N) is 1. The lowest BCUT2D eigenvalue weighted by Crippen LogP contribution is -2.23. The van der Waals surface area contributed by atoms with Crippen LogP contribution < -0.4 is 5.32 Å². The molecule has 1 heterocycles. The third-order valence-electron chi connectivity index (χ3n) is 2.84. The summed E-state index contributed by atoms with van der Waals surface area (Å²) >= 11 is 0. The molecule has 0 aliphatic carbocycles. The van der Waals surface area contributed by atoms with Gasteiger partial charge in [-0.05, 0) is 24.5 Å². The molecule has 1 aromatic heterocycles. The van der Waals surface area contributed by atoms with Crippen molar-refractivity contribution >= 4 is 6.08 Å². The number of hydrogen-bond acceptors (Lipinski definition) is 3. The summed E-state index contributed by atoms with van der Waals surface area (Å²) in [5, 5.41) is 3.39. The van der Waals surface area contributed by atoms with Crippen LogP contribution >= 0.6 is 0 Å². The molecule has 0 amide bonds. The first kappa shape index (κ1) is 14.9. The minimum Gasteiger partial charge on any atom is -0.383 e. The summed E-state index contributed by atoms with van der Waals surface area (Å²) in [5.41, 5.74) is 3.60. The highest BCUT2D eigenvalue weighted by molar-refractivity contribution is 5.52. The number of nitrogens with one attached hydrogen (secondary N) is 1. The van der Waals surface area contributed by atoms with Gasteiger partial charge in [0.1, 0.15) is 0 Å². The number of pyridine rings is 1. The lowest BCUT2D eigenvalue weighted by Gasteiger charge is -2.13. The van der Waals surface area contributed by atoms with Gasteiger partial charge >= 0.3 is 0 Å². The highest BCUT2D eigenvalue weighted by atomic mass is 16.5. The minimum atomic E-state index is 0.529. The van der Waals surface area contributed by atoms with Crippen LogP contribution in [0.15, 0.2) is 23.9 Å². The quantitative estimate of drug-likeness (QED) is 0.753. The molecule has 1 N–H and O–H groups in total. The second-order valence-corrected chi connectivity index (χ2v) is 4.78. The average Bonchev–Trinajstić information content (AvgIpc) is 2.35. The predicted octanol–water partition coefficient (Wildman–Crippen LogP) is 2.67. The summed E-state index contributed by atoms with van der Waals surface area (Å²) in [5.74, 6) is 0.529. The van der Waals surface area contributed by atoms with Crippen molar-refractivity contribution in [1.29, 1.82) is 0 Å².